The van der Waals surface area contributed by atoms with E-state index in [0.717, 1.165) is 26.2 Å². The molecular formula is C15H32N2O2. The predicted molar refractivity (Wildman–Crippen MR) is 79.6 cm³/mol. The van der Waals surface area contributed by atoms with Crippen molar-refractivity contribution in [3.8, 4) is 0 Å². The molecule has 1 aliphatic heterocycles. The summed E-state index contributed by atoms with van der Waals surface area (Å²) in [6.45, 7) is 12.6. The Bertz CT molecular complexity index is 234. The quantitative estimate of drug-likeness (QED) is 0.695. The van der Waals surface area contributed by atoms with Gasteiger partial charge in [0.05, 0.1) is 18.8 Å². The van der Waals surface area contributed by atoms with E-state index in [4.69, 9.17) is 9.47 Å². The zero-order chi connectivity index (χ0) is 14.3. The molecule has 1 aliphatic rings. The van der Waals surface area contributed by atoms with Crippen molar-refractivity contribution in [1.82, 2.24) is 10.2 Å². The van der Waals surface area contributed by atoms with E-state index in [1.54, 1.807) is 7.11 Å². The molecule has 1 rings (SSSR count). The van der Waals surface area contributed by atoms with Crippen LogP contribution in [0.5, 0.6) is 0 Å². The summed E-state index contributed by atoms with van der Waals surface area (Å²) >= 11 is 0. The van der Waals surface area contributed by atoms with E-state index in [0.29, 0.717) is 24.3 Å². The fourth-order valence-corrected chi connectivity index (χ4v) is 2.46. The topological polar surface area (TPSA) is 33.7 Å². The second kappa shape index (κ2) is 8.90. The van der Waals surface area contributed by atoms with Crippen molar-refractivity contribution in [3.05, 3.63) is 0 Å². The van der Waals surface area contributed by atoms with Crippen molar-refractivity contribution in [2.24, 2.45) is 0 Å². The standard InChI is InChI=1S/C15H32N2O2/c1-12(2)16-10-14-6-7-15(19-14)11-17(13(3)4)8-9-18-5/h12-16H,6-11H2,1-5H3. The van der Waals surface area contributed by atoms with Gasteiger partial charge in [0.25, 0.3) is 0 Å². The summed E-state index contributed by atoms with van der Waals surface area (Å²) in [6, 6.07) is 1.09. The van der Waals surface area contributed by atoms with Gasteiger partial charge in [0.2, 0.25) is 0 Å². The number of rotatable bonds is 9. The van der Waals surface area contributed by atoms with Gasteiger partial charge in [-0.15, -0.1) is 0 Å². The van der Waals surface area contributed by atoms with Gasteiger partial charge < -0.3 is 14.8 Å². The third-order valence-electron chi connectivity index (χ3n) is 3.70. The zero-order valence-corrected chi connectivity index (χ0v) is 13.3. The highest BCUT2D eigenvalue weighted by Gasteiger charge is 2.27. The highest BCUT2D eigenvalue weighted by molar-refractivity contribution is 4.79. The summed E-state index contributed by atoms with van der Waals surface area (Å²) < 4.78 is 11.3. The Hall–Kier alpha value is -0.160. The molecule has 2 atom stereocenters. The zero-order valence-electron chi connectivity index (χ0n) is 13.3. The molecule has 1 saturated heterocycles. The molecule has 4 heteroatoms. The van der Waals surface area contributed by atoms with Gasteiger partial charge in [-0.1, -0.05) is 13.8 Å². The van der Waals surface area contributed by atoms with E-state index in [2.05, 4.69) is 37.9 Å². The third-order valence-corrected chi connectivity index (χ3v) is 3.70. The van der Waals surface area contributed by atoms with Crippen LogP contribution in [0, 0.1) is 0 Å². The summed E-state index contributed by atoms with van der Waals surface area (Å²) in [5.74, 6) is 0. The molecule has 1 fully saturated rings. The molecule has 0 bridgehead atoms. The van der Waals surface area contributed by atoms with E-state index >= 15 is 0 Å². The molecule has 0 aromatic rings. The van der Waals surface area contributed by atoms with Gasteiger partial charge in [-0.05, 0) is 26.7 Å². The van der Waals surface area contributed by atoms with Crippen LogP contribution in [-0.2, 0) is 9.47 Å². The molecule has 114 valence electrons. The fourth-order valence-electron chi connectivity index (χ4n) is 2.46. The lowest BCUT2D eigenvalue weighted by molar-refractivity contribution is 0.0112. The van der Waals surface area contributed by atoms with Gasteiger partial charge in [-0.2, -0.15) is 0 Å². The fraction of sp³-hybridized carbons (Fsp3) is 1.00. The average Bonchev–Trinajstić information content (AvgIpc) is 2.79. The largest absolute Gasteiger partial charge is 0.383 e. The second-order valence-electron chi connectivity index (χ2n) is 6.10. The Balaban J connectivity index is 2.28. The van der Waals surface area contributed by atoms with Crippen LogP contribution in [0.4, 0.5) is 0 Å². The Morgan fingerprint density at radius 2 is 1.89 bits per heavy atom. The van der Waals surface area contributed by atoms with Crippen molar-refractivity contribution in [1.29, 1.82) is 0 Å². The van der Waals surface area contributed by atoms with Crippen molar-refractivity contribution in [3.63, 3.8) is 0 Å². The minimum Gasteiger partial charge on any atom is -0.383 e. The highest BCUT2D eigenvalue weighted by Crippen LogP contribution is 2.20. The summed E-state index contributed by atoms with van der Waals surface area (Å²) in [7, 11) is 1.76. The van der Waals surface area contributed by atoms with E-state index < -0.39 is 0 Å². The Morgan fingerprint density at radius 1 is 1.21 bits per heavy atom. The molecule has 2 unspecified atom stereocenters. The predicted octanol–water partition coefficient (Wildman–Crippen LogP) is 1.89. The van der Waals surface area contributed by atoms with E-state index in [-0.39, 0.29) is 0 Å². The van der Waals surface area contributed by atoms with Gasteiger partial charge in [-0.25, -0.2) is 0 Å². The van der Waals surface area contributed by atoms with Crippen molar-refractivity contribution in [2.45, 2.75) is 64.8 Å². The van der Waals surface area contributed by atoms with Gasteiger partial charge in [-0.3, -0.25) is 4.90 Å². The third kappa shape index (κ3) is 6.70. The lowest BCUT2D eigenvalue weighted by Crippen LogP contribution is -2.40. The van der Waals surface area contributed by atoms with Crippen LogP contribution in [0.1, 0.15) is 40.5 Å². The minimum atomic E-state index is 0.387. The normalized spacial score (nSPS) is 24.0. The monoisotopic (exact) mass is 272 g/mol. The summed E-state index contributed by atoms with van der Waals surface area (Å²) in [5, 5.41) is 3.46. The number of nitrogens with one attached hydrogen (secondary N) is 1. The molecule has 1 N–H and O–H groups in total. The lowest BCUT2D eigenvalue weighted by Gasteiger charge is -2.29. The second-order valence-corrected chi connectivity index (χ2v) is 6.10. The molecule has 0 aromatic heterocycles. The summed E-state index contributed by atoms with van der Waals surface area (Å²) in [4.78, 5) is 2.45. The molecule has 1 heterocycles. The van der Waals surface area contributed by atoms with Crippen LogP contribution in [0.2, 0.25) is 0 Å². The van der Waals surface area contributed by atoms with Crippen molar-refractivity contribution < 1.29 is 9.47 Å². The number of nitrogens with zero attached hydrogens (tertiary/aromatic N) is 1. The van der Waals surface area contributed by atoms with Gasteiger partial charge in [0, 0.05) is 38.8 Å². The van der Waals surface area contributed by atoms with Gasteiger partial charge in [0.1, 0.15) is 0 Å². The highest BCUT2D eigenvalue weighted by atomic mass is 16.5. The number of hydrogen-bond donors (Lipinski definition) is 1. The van der Waals surface area contributed by atoms with Crippen LogP contribution in [0.25, 0.3) is 0 Å². The first-order chi connectivity index (χ1) is 9.02. The Labute approximate surface area is 118 Å². The van der Waals surface area contributed by atoms with Crippen molar-refractivity contribution >= 4 is 0 Å². The maximum Gasteiger partial charge on any atom is 0.0707 e. The van der Waals surface area contributed by atoms with Crippen LogP contribution >= 0.6 is 0 Å². The minimum absolute atomic E-state index is 0.387. The lowest BCUT2D eigenvalue weighted by atomic mass is 10.1. The SMILES string of the molecule is COCCN(CC1CCC(CNC(C)C)O1)C(C)C. The molecule has 0 amide bonds. The van der Waals surface area contributed by atoms with Crippen LogP contribution in [0.3, 0.4) is 0 Å². The molecule has 0 aliphatic carbocycles. The van der Waals surface area contributed by atoms with E-state index in [9.17, 15) is 0 Å². The van der Waals surface area contributed by atoms with Crippen LogP contribution in [-0.4, -0.2) is 62.5 Å². The number of hydrogen-bond acceptors (Lipinski definition) is 4. The van der Waals surface area contributed by atoms with Gasteiger partial charge >= 0.3 is 0 Å². The first-order valence-corrected chi connectivity index (χ1v) is 7.64. The molecule has 19 heavy (non-hydrogen) atoms. The number of methoxy groups -OCH3 is 1. The molecule has 0 aromatic carbocycles. The van der Waals surface area contributed by atoms with Crippen molar-refractivity contribution in [2.75, 3.05) is 33.4 Å². The molecule has 0 saturated carbocycles. The Kier molecular flexibility index (Phi) is 7.91. The van der Waals surface area contributed by atoms with Gasteiger partial charge in [0.15, 0.2) is 0 Å². The summed E-state index contributed by atoms with van der Waals surface area (Å²) in [6.07, 6.45) is 3.14. The Morgan fingerprint density at radius 3 is 2.47 bits per heavy atom. The first-order valence-electron chi connectivity index (χ1n) is 7.64. The smallest absolute Gasteiger partial charge is 0.0707 e. The van der Waals surface area contributed by atoms with Crippen LogP contribution < -0.4 is 5.32 Å². The van der Waals surface area contributed by atoms with E-state index in [1.807, 2.05) is 0 Å². The summed E-state index contributed by atoms with van der Waals surface area (Å²) in [5.41, 5.74) is 0. The van der Waals surface area contributed by atoms with Crippen LogP contribution in [0.15, 0.2) is 0 Å². The average molecular weight is 272 g/mol. The maximum atomic E-state index is 6.13. The molecular weight excluding hydrogens is 240 g/mol. The molecule has 4 nitrogen and oxygen atoms in total. The maximum absolute atomic E-state index is 6.13. The number of ether oxygens (including phenoxy) is 2. The molecule has 0 radical (unpaired) electrons. The molecule has 0 spiro atoms. The first kappa shape index (κ1) is 16.9. The van der Waals surface area contributed by atoms with E-state index in [1.165, 1.54) is 12.8 Å².